The van der Waals surface area contributed by atoms with Gasteiger partial charge >= 0.3 is 0 Å². The number of carbonyl (C=O) groups is 2. The van der Waals surface area contributed by atoms with E-state index in [1.165, 1.54) is 7.11 Å². The SMILES string of the molecule is COc1cccc(N2C(=O)C(Cl)=C(N3CCOCC3)C2=O)c1. The van der Waals surface area contributed by atoms with Crippen molar-refractivity contribution in [1.29, 1.82) is 0 Å². The maximum Gasteiger partial charge on any atom is 0.283 e. The first kappa shape index (κ1) is 14.9. The molecule has 2 heterocycles. The van der Waals surface area contributed by atoms with E-state index in [9.17, 15) is 9.59 Å². The fraction of sp³-hybridized carbons (Fsp3) is 0.333. The molecular weight excluding hydrogens is 308 g/mol. The number of ether oxygens (including phenoxy) is 2. The number of nitrogens with zero attached hydrogens (tertiary/aromatic N) is 2. The highest BCUT2D eigenvalue weighted by Crippen LogP contribution is 2.32. The molecule has 2 amide bonds. The van der Waals surface area contributed by atoms with E-state index >= 15 is 0 Å². The first-order chi connectivity index (χ1) is 10.6. The number of rotatable bonds is 3. The molecule has 0 bridgehead atoms. The van der Waals surface area contributed by atoms with Crippen LogP contribution in [0.15, 0.2) is 35.0 Å². The summed E-state index contributed by atoms with van der Waals surface area (Å²) in [5.41, 5.74) is 0.688. The molecule has 0 aromatic heterocycles. The zero-order valence-corrected chi connectivity index (χ0v) is 12.8. The van der Waals surface area contributed by atoms with Crippen molar-refractivity contribution in [2.45, 2.75) is 0 Å². The highest BCUT2D eigenvalue weighted by atomic mass is 35.5. The summed E-state index contributed by atoms with van der Waals surface area (Å²) in [5.74, 6) is -0.361. The van der Waals surface area contributed by atoms with E-state index in [-0.39, 0.29) is 10.7 Å². The van der Waals surface area contributed by atoms with E-state index < -0.39 is 11.8 Å². The summed E-state index contributed by atoms with van der Waals surface area (Å²) in [4.78, 5) is 27.9. The Balaban J connectivity index is 1.93. The minimum atomic E-state index is -0.513. The number of anilines is 1. The van der Waals surface area contributed by atoms with E-state index in [2.05, 4.69) is 0 Å². The molecule has 22 heavy (non-hydrogen) atoms. The van der Waals surface area contributed by atoms with Gasteiger partial charge in [0.2, 0.25) is 0 Å². The van der Waals surface area contributed by atoms with Crippen LogP contribution in [-0.4, -0.2) is 50.1 Å². The third-order valence-corrected chi connectivity index (χ3v) is 3.98. The van der Waals surface area contributed by atoms with Gasteiger partial charge in [0.25, 0.3) is 11.8 Å². The second-order valence-electron chi connectivity index (χ2n) is 4.91. The largest absolute Gasteiger partial charge is 0.497 e. The van der Waals surface area contributed by atoms with Crippen molar-refractivity contribution < 1.29 is 19.1 Å². The van der Waals surface area contributed by atoms with Crippen molar-refractivity contribution in [3.63, 3.8) is 0 Å². The molecule has 116 valence electrons. The average molecular weight is 323 g/mol. The number of morpholine rings is 1. The molecule has 1 aromatic carbocycles. The zero-order valence-electron chi connectivity index (χ0n) is 12.0. The van der Waals surface area contributed by atoms with Gasteiger partial charge in [0.15, 0.2) is 0 Å². The van der Waals surface area contributed by atoms with Gasteiger partial charge in [0, 0.05) is 19.2 Å². The van der Waals surface area contributed by atoms with Gasteiger partial charge in [-0.2, -0.15) is 0 Å². The van der Waals surface area contributed by atoms with Gasteiger partial charge < -0.3 is 14.4 Å². The Morgan fingerprint density at radius 1 is 1.18 bits per heavy atom. The van der Waals surface area contributed by atoms with Crippen molar-refractivity contribution in [1.82, 2.24) is 4.90 Å². The zero-order chi connectivity index (χ0) is 15.7. The van der Waals surface area contributed by atoms with Gasteiger partial charge in [-0.3, -0.25) is 9.59 Å². The number of hydrogen-bond donors (Lipinski definition) is 0. The predicted octanol–water partition coefficient (Wildman–Crippen LogP) is 1.35. The van der Waals surface area contributed by atoms with Crippen molar-refractivity contribution >= 4 is 29.1 Å². The molecule has 1 fully saturated rings. The Morgan fingerprint density at radius 2 is 1.91 bits per heavy atom. The standard InChI is InChI=1S/C15H15ClN2O4/c1-21-11-4-2-3-10(9-11)18-14(19)12(16)13(15(18)20)17-5-7-22-8-6-17/h2-4,9H,5-8H2,1H3. The Hall–Kier alpha value is -2.05. The first-order valence-electron chi connectivity index (χ1n) is 6.89. The minimum Gasteiger partial charge on any atom is -0.497 e. The van der Waals surface area contributed by atoms with Crippen molar-refractivity contribution in [3.05, 3.63) is 35.0 Å². The molecule has 2 aliphatic rings. The van der Waals surface area contributed by atoms with Crippen LogP contribution in [0.1, 0.15) is 0 Å². The number of amides is 2. The monoisotopic (exact) mass is 322 g/mol. The van der Waals surface area contributed by atoms with Crippen LogP contribution in [0.25, 0.3) is 0 Å². The van der Waals surface area contributed by atoms with E-state index in [4.69, 9.17) is 21.1 Å². The summed E-state index contributed by atoms with van der Waals surface area (Å²) in [6, 6.07) is 6.76. The van der Waals surface area contributed by atoms with E-state index in [1.807, 2.05) is 0 Å². The van der Waals surface area contributed by atoms with Gasteiger partial charge in [-0.15, -0.1) is 0 Å². The van der Waals surface area contributed by atoms with Gasteiger partial charge in [0.05, 0.1) is 26.0 Å². The summed E-state index contributed by atoms with van der Waals surface area (Å²) < 4.78 is 10.4. The molecule has 0 spiro atoms. The molecule has 0 saturated carbocycles. The average Bonchev–Trinajstić information content (AvgIpc) is 2.78. The number of methoxy groups -OCH3 is 1. The second-order valence-corrected chi connectivity index (χ2v) is 5.29. The van der Waals surface area contributed by atoms with Crippen LogP contribution in [0.2, 0.25) is 0 Å². The summed E-state index contributed by atoms with van der Waals surface area (Å²) >= 11 is 6.13. The molecule has 1 aromatic rings. The molecule has 0 N–H and O–H groups in total. The normalized spacial score (nSPS) is 19.2. The van der Waals surface area contributed by atoms with Crippen molar-refractivity contribution in [2.24, 2.45) is 0 Å². The van der Waals surface area contributed by atoms with Crippen molar-refractivity contribution in [2.75, 3.05) is 38.3 Å². The molecular formula is C15H15ClN2O4. The first-order valence-corrected chi connectivity index (χ1v) is 7.26. The van der Waals surface area contributed by atoms with Crippen LogP contribution in [0.5, 0.6) is 5.75 Å². The lowest BCUT2D eigenvalue weighted by Gasteiger charge is -2.29. The Labute approximate surface area is 132 Å². The molecule has 7 heteroatoms. The Kier molecular flexibility index (Phi) is 4.04. The molecule has 1 saturated heterocycles. The van der Waals surface area contributed by atoms with Gasteiger partial charge in [-0.05, 0) is 12.1 Å². The van der Waals surface area contributed by atoms with Crippen LogP contribution in [0.4, 0.5) is 5.69 Å². The Bertz CT molecular complexity index is 653. The topological polar surface area (TPSA) is 59.1 Å². The van der Waals surface area contributed by atoms with Crippen LogP contribution < -0.4 is 9.64 Å². The fourth-order valence-corrected chi connectivity index (χ4v) is 2.82. The van der Waals surface area contributed by atoms with Gasteiger partial charge in [-0.25, -0.2) is 4.90 Å². The summed E-state index contributed by atoms with van der Waals surface area (Å²) in [6.45, 7) is 2.09. The molecule has 3 rings (SSSR count). The van der Waals surface area contributed by atoms with E-state index in [0.29, 0.717) is 37.7 Å². The quantitative estimate of drug-likeness (QED) is 0.786. The van der Waals surface area contributed by atoms with Gasteiger partial charge in [0.1, 0.15) is 16.5 Å². The summed E-state index contributed by atoms with van der Waals surface area (Å²) in [6.07, 6.45) is 0. The molecule has 0 aliphatic carbocycles. The van der Waals surface area contributed by atoms with Crippen LogP contribution in [0.3, 0.4) is 0 Å². The van der Waals surface area contributed by atoms with Crippen LogP contribution in [-0.2, 0) is 14.3 Å². The van der Waals surface area contributed by atoms with Crippen LogP contribution in [0, 0.1) is 0 Å². The third-order valence-electron chi connectivity index (χ3n) is 3.64. The lowest BCUT2D eigenvalue weighted by atomic mass is 10.2. The lowest BCUT2D eigenvalue weighted by Crippen LogP contribution is -2.40. The fourth-order valence-electron chi connectivity index (χ4n) is 2.54. The van der Waals surface area contributed by atoms with E-state index in [0.717, 1.165) is 4.90 Å². The number of benzene rings is 1. The highest BCUT2D eigenvalue weighted by molar-refractivity contribution is 6.52. The van der Waals surface area contributed by atoms with E-state index in [1.54, 1.807) is 29.2 Å². The summed E-state index contributed by atoms with van der Waals surface area (Å²) in [5, 5.41) is -0.0466. The second kappa shape index (κ2) is 5.98. The molecule has 0 atom stereocenters. The predicted molar refractivity (Wildman–Crippen MR) is 80.8 cm³/mol. The third kappa shape index (κ3) is 2.44. The van der Waals surface area contributed by atoms with Crippen molar-refractivity contribution in [3.8, 4) is 5.75 Å². The van der Waals surface area contributed by atoms with Crippen LogP contribution >= 0.6 is 11.6 Å². The number of halogens is 1. The summed E-state index contributed by atoms with van der Waals surface area (Å²) in [7, 11) is 1.52. The molecule has 0 unspecified atom stereocenters. The smallest absolute Gasteiger partial charge is 0.283 e. The lowest BCUT2D eigenvalue weighted by molar-refractivity contribution is -0.121. The number of imide groups is 1. The maximum atomic E-state index is 12.7. The Morgan fingerprint density at radius 3 is 2.59 bits per heavy atom. The molecule has 2 aliphatic heterocycles. The number of carbonyl (C=O) groups excluding carboxylic acids is 2. The molecule has 6 nitrogen and oxygen atoms in total. The van der Waals surface area contributed by atoms with Gasteiger partial charge in [-0.1, -0.05) is 17.7 Å². The minimum absolute atomic E-state index is 0.0466. The highest BCUT2D eigenvalue weighted by Gasteiger charge is 2.41. The number of hydrogen-bond acceptors (Lipinski definition) is 5. The molecule has 0 radical (unpaired) electrons. The maximum absolute atomic E-state index is 12.7.